The Kier molecular flexibility index (Phi) is 7.43. The molecule has 0 saturated heterocycles. The maximum absolute atomic E-state index is 14.3. The molecule has 3 N–H and O–H groups in total. The van der Waals surface area contributed by atoms with Gasteiger partial charge in [-0.25, -0.2) is 4.39 Å². The highest BCUT2D eigenvalue weighted by Gasteiger charge is 2.31. The van der Waals surface area contributed by atoms with E-state index in [2.05, 4.69) is 10.3 Å². The second-order valence-electron chi connectivity index (χ2n) is 8.95. The van der Waals surface area contributed by atoms with Crippen molar-refractivity contribution >= 4 is 22.8 Å². The van der Waals surface area contributed by atoms with Crippen LogP contribution in [0.25, 0.3) is 10.9 Å². The number of alkyl halides is 3. The fourth-order valence-electron chi connectivity index (χ4n) is 4.17. The number of carbonyl (C=O) groups is 2. The standard InChI is InChI=1S/C28H24F4N2O4/c1-15-9-21(6-3-18(15)4-8-25(35)36)38-22-11-17(10-20(29)13-22)14-33-27(37)26-16(2)23-12-19(28(30,31)32)5-7-24(23)34-26/h3,5-7,9-13,34H,4,8,14H2,1-2H3,(H,33,37)(H,35,36). The number of aromatic nitrogens is 1. The summed E-state index contributed by atoms with van der Waals surface area (Å²) in [6, 6.07) is 12.4. The number of aromatic amines is 1. The molecule has 198 valence electrons. The van der Waals surface area contributed by atoms with Crippen LogP contribution in [0.2, 0.25) is 0 Å². The SMILES string of the molecule is Cc1cc(Oc2cc(F)cc(CNC(=O)c3[nH]c4ccc(C(F)(F)F)cc4c3C)c2)ccc1CCC(=O)O. The van der Waals surface area contributed by atoms with Crippen LogP contribution in [0.3, 0.4) is 0 Å². The molecule has 0 fully saturated rings. The first-order valence-electron chi connectivity index (χ1n) is 11.7. The monoisotopic (exact) mass is 528 g/mol. The molecule has 1 aromatic heterocycles. The Morgan fingerprint density at radius 1 is 1.00 bits per heavy atom. The Morgan fingerprint density at radius 2 is 1.76 bits per heavy atom. The van der Waals surface area contributed by atoms with Gasteiger partial charge in [-0.05, 0) is 85.0 Å². The molecule has 1 amide bonds. The average molecular weight is 529 g/mol. The van der Waals surface area contributed by atoms with E-state index in [1.54, 1.807) is 31.2 Å². The smallest absolute Gasteiger partial charge is 0.416 e. The van der Waals surface area contributed by atoms with Crippen molar-refractivity contribution in [1.82, 2.24) is 10.3 Å². The van der Waals surface area contributed by atoms with Gasteiger partial charge in [0.1, 0.15) is 23.0 Å². The van der Waals surface area contributed by atoms with Crippen molar-refractivity contribution in [3.8, 4) is 11.5 Å². The molecule has 0 unspecified atom stereocenters. The molecule has 4 rings (SSSR count). The van der Waals surface area contributed by atoms with Crippen molar-refractivity contribution in [2.75, 3.05) is 0 Å². The number of rotatable bonds is 8. The van der Waals surface area contributed by atoms with Crippen molar-refractivity contribution in [2.24, 2.45) is 0 Å². The van der Waals surface area contributed by atoms with Gasteiger partial charge in [-0.1, -0.05) is 6.07 Å². The summed E-state index contributed by atoms with van der Waals surface area (Å²) in [4.78, 5) is 26.4. The summed E-state index contributed by atoms with van der Waals surface area (Å²) in [6.07, 6.45) is -4.12. The first kappa shape index (κ1) is 26.7. The van der Waals surface area contributed by atoms with Crippen molar-refractivity contribution in [1.29, 1.82) is 0 Å². The normalized spacial score (nSPS) is 11.5. The van der Waals surface area contributed by atoms with Gasteiger partial charge in [-0.3, -0.25) is 9.59 Å². The number of amides is 1. The van der Waals surface area contributed by atoms with Gasteiger partial charge in [0.25, 0.3) is 5.91 Å². The minimum atomic E-state index is -4.50. The summed E-state index contributed by atoms with van der Waals surface area (Å²) < 4.78 is 59.3. The number of H-pyrrole nitrogens is 1. The molecule has 0 bridgehead atoms. The second kappa shape index (κ2) is 10.6. The van der Waals surface area contributed by atoms with Gasteiger partial charge in [-0.2, -0.15) is 13.2 Å². The molecule has 0 radical (unpaired) electrons. The highest BCUT2D eigenvalue weighted by atomic mass is 19.4. The third-order valence-electron chi connectivity index (χ3n) is 6.15. The molecule has 0 saturated carbocycles. The number of aryl methyl sites for hydroxylation is 3. The maximum Gasteiger partial charge on any atom is 0.416 e. The molecule has 4 aromatic rings. The summed E-state index contributed by atoms with van der Waals surface area (Å²) in [7, 11) is 0. The van der Waals surface area contributed by atoms with Crippen molar-refractivity contribution in [3.63, 3.8) is 0 Å². The number of carbonyl (C=O) groups excluding carboxylic acids is 1. The lowest BCUT2D eigenvalue weighted by molar-refractivity contribution is -0.138. The third kappa shape index (κ3) is 6.13. The van der Waals surface area contributed by atoms with E-state index in [-0.39, 0.29) is 29.8 Å². The summed E-state index contributed by atoms with van der Waals surface area (Å²) in [5.41, 5.74) is 2.19. The van der Waals surface area contributed by atoms with Crippen LogP contribution >= 0.6 is 0 Å². The first-order chi connectivity index (χ1) is 17.9. The van der Waals surface area contributed by atoms with E-state index in [0.29, 0.717) is 28.8 Å². The van der Waals surface area contributed by atoms with Crippen molar-refractivity contribution < 1.29 is 37.0 Å². The summed E-state index contributed by atoms with van der Waals surface area (Å²) in [5, 5.41) is 11.8. The molecule has 10 heteroatoms. The largest absolute Gasteiger partial charge is 0.481 e. The van der Waals surface area contributed by atoms with Crippen LogP contribution in [0.4, 0.5) is 17.6 Å². The van der Waals surface area contributed by atoms with Crippen LogP contribution in [0.5, 0.6) is 11.5 Å². The van der Waals surface area contributed by atoms with Crippen LogP contribution < -0.4 is 10.1 Å². The van der Waals surface area contributed by atoms with Crippen LogP contribution in [-0.4, -0.2) is 22.0 Å². The Labute approximate surface area is 215 Å². The highest BCUT2D eigenvalue weighted by Crippen LogP contribution is 2.33. The van der Waals surface area contributed by atoms with Gasteiger partial charge in [0.2, 0.25) is 0 Å². The average Bonchev–Trinajstić information content (AvgIpc) is 3.17. The minimum Gasteiger partial charge on any atom is -0.481 e. The van der Waals surface area contributed by atoms with E-state index in [1.807, 2.05) is 6.92 Å². The molecular weight excluding hydrogens is 504 g/mol. The lowest BCUT2D eigenvalue weighted by Gasteiger charge is -2.11. The summed E-state index contributed by atoms with van der Waals surface area (Å²) in [6.45, 7) is 3.33. The molecule has 0 aliphatic heterocycles. The van der Waals surface area contributed by atoms with Gasteiger partial charge >= 0.3 is 12.1 Å². The number of aliphatic carboxylic acids is 1. The molecular formula is C28H24F4N2O4. The summed E-state index contributed by atoms with van der Waals surface area (Å²) >= 11 is 0. The first-order valence-corrected chi connectivity index (χ1v) is 11.7. The summed E-state index contributed by atoms with van der Waals surface area (Å²) in [5.74, 6) is -1.38. The molecule has 0 aliphatic carbocycles. The molecule has 0 spiro atoms. The predicted molar refractivity (Wildman–Crippen MR) is 133 cm³/mol. The highest BCUT2D eigenvalue weighted by molar-refractivity contribution is 6.01. The van der Waals surface area contributed by atoms with E-state index in [4.69, 9.17) is 9.84 Å². The van der Waals surface area contributed by atoms with E-state index in [1.165, 1.54) is 18.2 Å². The second-order valence-corrected chi connectivity index (χ2v) is 8.95. The number of halogens is 4. The van der Waals surface area contributed by atoms with Crippen molar-refractivity contribution in [2.45, 2.75) is 39.4 Å². The van der Waals surface area contributed by atoms with Crippen LogP contribution in [-0.2, 0) is 23.9 Å². The van der Waals surface area contributed by atoms with Crippen molar-refractivity contribution in [3.05, 3.63) is 93.9 Å². The fraction of sp³-hybridized carbons (Fsp3) is 0.214. The maximum atomic E-state index is 14.3. The zero-order valence-electron chi connectivity index (χ0n) is 20.5. The van der Waals surface area contributed by atoms with E-state index >= 15 is 0 Å². The Morgan fingerprint density at radius 3 is 2.45 bits per heavy atom. The molecule has 3 aromatic carbocycles. The predicted octanol–water partition coefficient (Wildman–Crippen LogP) is 6.68. The number of nitrogens with one attached hydrogen (secondary N) is 2. The molecule has 0 atom stereocenters. The lowest BCUT2D eigenvalue weighted by Crippen LogP contribution is -2.23. The van der Waals surface area contributed by atoms with Crippen LogP contribution in [0, 0.1) is 19.7 Å². The number of ether oxygens (including phenoxy) is 1. The lowest BCUT2D eigenvalue weighted by atomic mass is 10.0. The van der Waals surface area contributed by atoms with Crippen LogP contribution in [0.15, 0.2) is 54.6 Å². The molecule has 6 nitrogen and oxygen atoms in total. The quantitative estimate of drug-likeness (QED) is 0.223. The molecule has 0 aliphatic rings. The molecule has 1 heterocycles. The Bertz CT molecular complexity index is 1530. The number of hydrogen-bond donors (Lipinski definition) is 3. The number of carboxylic acid groups (broad SMARTS) is 1. The topological polar surface area (TPSA) is 91.4 Å². The van der Waals surface area contributed by atoms with Gasteiger partial charge in [0, 0.05) is 29.9 Å². The Balaban J connectivity index is 1.46. The number of hydrogen-bond acceptors (Lipinski definition) is 3. The van der Waals surface area contributed by atoms with Gasteiger partial charge in [0.15, 0.2) is 0 Å². The van der Waals surface area contributed by atoms with Gasteiger partial charge in [-0.15, -0.1) is 0 Å². The van der Waals surface area contributed by atoms with E-state index < -0.39 is 29.4 Å². The van der Waals surface area contributed by atoms with Gasteiger partial charge in [0.05, 0.1) is 5.56 Å². The third-order valence-corrected chi connectivity index (χ3v) is 6.15. The number of carboxylic acids is 1. The minimum absolute atomic E-state index is 0.00660. The zero-order valence-corrected chi connectivity index (χ0v) is 20.5. The van der Waals surface area contributed by atoms with Gasteiger partial charge < -0.3 is 20.1 Å². The number of fused-ring (bicyclic) bond motifs is 1. The van der Waals surface area contributed by atoms with E-state index in [0.717, 1.165) is 23.3 Å². The van der Waals surface area contributed by atoms with E-state index in [9.17, 15) is 27.2 Å². The molecule has 38 heavy (non-hydrogen) atoms. The zero-order chi connectivity index (χ0) is 27.6. The fourth-order valence-corrected chi connectivity index (χ4v) is 4.17. The Hall–Kier alpha value is -4.34. The number of benzene rings is 3. The van der Waals surface area contributed by atoms with Crippen LogP contribution in [0.1, 0.15) is 44.7 Å².